The summed E-state index contributed by atoms with van der Waals surface area (Å²) in [5, 5.41) is 11.9. The summed E-state index contributed by atoms with van der Waals surface area (Å²) in [6, 6.07) is 17.7. The maximum absolute atomic E-state index is 12.7. The van der Waals surface area contributed by atoms with Crippen LogP contribution in [0.4, 0.5) is 4.79 Å². The molecule has 0 aliphatic carbocycles. The number of alkyl carbamates (subject to hydrolysis) is 1. The number of benzene rings is 2. The lowest BCUT2D eigenvalue weighted by Gasteiger charge is -2.31. The van der Waals surface area contributed by atoms with Gasteiger partial charge in [-0.3, -0.25) is 5.32 Å². The summed E-state index contributed by atoms with van der Waals surface area (Å²) >= 11 is 0. The molecule has 0 spiro atoms. The number of rotatable bonds is 8. The number of esters is 1. The number of carboxylic acids is 1. The molecule has 0 aromatic heterocycles. The summed E-state index contributed by atoms with van der Waals surface area (Å²) < 4.78 is 10.3. The van der Waals surface area contributed by atoms with Gasteiger partial charge in [0.2, 0.25) is 5.54 Å². The fourth-order valence-corrected chi connectivity index (χ4v) is 2.58. The van der Waals surface area contributed by atoms with Gasteiger partial charge < -0.3 is 14.6 Å². The number of carboxylic acid groups (broad SMARTS) is 1. The van der Waals surface area contributed by atoms with Crippen molar-refractivity contribution in [3.8, 4) is 0 Å². The van der Waals surface area contributed by atoms with E-state index in [2.05, 4.69) is 5.32 Å². The van der Waals surface area contributed by atoms with E-state index in [4.69, 9.17) is 9.47 Å². The van der Waals surface area contributed by atoms with E-state index in [1.807, 2.05) is 12.1 Å². The van der Waals surface area contributed by atoms with E-state index in [-0.39, 0.29) is 13.2 Å². The molecular formula is C21H23NO6. The van der Waals surface area contributed by atoms with Crippen molar-refractivity contribution in [3.05, 3.63) is 71.8 Å². The molecule has 0 aliphatic rings. The van der Waals surface area contributed by atoms with Crippen LogP contribution < -0.4 is 5.32 Å². The fourth-order valence-electron chi connectivity index (χ4n) is 2.58. The Balaban J connectivity index is 2.09. The molecule has 2 N–H and O–H groups in total. The highest BCUT2D eigenvalue weighted by molar-refractivity contribution is 6.06. The van der Waals surface area contributed by atoms with Gasteiger partial charge in [0.25, 0.3) is 0 Å². The molecule has 0 bridgehead atoms. The van der Waals surface area contributed by atoms with Gasteiger partial charge in [0, 0.05) is 0 Å². The van der Waals surface area contributed by atoms with E-state index in [0.29, 0.717) is 5.56 Å². The molecule has 1 amide bonds. The molecular weight excluding hydrogens is 362 g/mol. The predicted octanol–water partition coefficient (Wildman–Crippen LogP) is 3.14. The van der Waals surface area contributed by atoms with Crippen LogP contribution in [0.1, 0.15) is 25.0 Å². The Labute approximate surface area is 163 Å². The van der Waals surface area contributed by atoms with Gasteiger partial charge in [-0.1, -0.05) is 74.5 Å². The highest BCUT2D eigenvalue weighted by Gasteiger charge is 2.52. The van der Waals surface area contributed by atoms with Gasteiger partial charge in [0.1, 0.15) is 13.2 Å². The van der Waals surface area contributed by atoms with Crippen LogP contribution in [0.2, 0.25) is 0 Å². The number of hydrogen-bond acceptors (Lipinski definition) is 5. The second-order valence-electron chi connectivity index (χ2n) is 6.52. The highest BCUT2D eigenvalue weighted by Crippen LogP contribution is 2.21. The standard InChI is InChI=1S/C21H23NO6/c1-15(2)21(18(23)24,19(25)27-13-16-9-5-3-6-10-16)22-20(26)28-14-17-11-7-4-8-12-17/h3-12,15H,13-14H2,1-2H3,(H,22,26)(H,23,24). The van der Waals surface area contributed by atoms with E-state index in [0.717, 1.165) is 5.56 Å². The Hall–Kier alpha value is -3.35. The first kappa shape index (κ1) is 21.0. The molecule has 1 unspecified atom stereocenters. The molecule has 0 radical (unpaired) electrons. The van der Waals surface area contributed by atoms with Gasteiger partial charge in [-0.2, -0.15) is 0 Å². The first-order valence-electron chi connectivity index (χ1n) is 8.79. The summed E-state index contributed by atoms with van der Waals surface area (Å²) in [7, 11) is 0. The quantitative estimate of drug-likeness (QED) is 0.535. The largest absolute Gasteiger partial charge is 0.479 e. The summed E-state index contributed by atoms with van der Waals surface area (Å²) in [5.41, 5.74) is -0.831. The molecule has 7 heteroatoms. The van der Waals surface area contributed by atoms with Gasteiger partial charge in [-0.05, 0) is 17.0 Å². The van der Waals surface area contributed by atoms with E-state index in [9.17, 15) is 19.5 Å². The van der Waals surface area contributed by atoms with Gasteiger partial charge >= 0.3 is 18.0 Å². The molecule has 2 aromatic rings. The SMILES string of the molecule is CC(C)C(NC(=O)OCc1ccccc1)(C(=O)O)C(=O)OCc1ccccc1. The molecule has 0 saturated carbocycles. The van der Waals surface area contributed by atoms with Crippen molar-refractivity contribution in [1.29, 1.82) is 0 Å². The Morgan fingerprint density at radius 1 is 0.893 bits per heavy atom. The van der Waals surface area contributed by atoms with Crippen LogP contribution in [0, 0.1) is 5.92 Å². The second kappa shape index (κ2) is 9.55. The molecule has 2 aromatic carbocycles. The maximum Gasteiger partial charge on any atom is 0.408 e. The molecule has 0 heterocycles. The van der Waals surface area contributed by atoms with Crippen molar-refractivity contribution in [1.82, 2.24) is 5.32 Å². The number of carbonyl (C=O) groups excluding carboxylic acids is 2. The zero-order valence-electron chi connectivity index (χ0n) is 15.8. The number of ether oxygens (including phenoxy) is 2. The normalized spacial score (nSPS) is 12.7. The first-order valence-corrected chi connectivity index (χ1v) is 8.79. The second-order valence-corrected chi connectivity index (χ2v) is 6.52. The number of nitrogens with one attached hydrogen (secondary N) is 1. The summed E-state index contributed by atoms with van der Waals surface area (Å²) in [5.74, 6) is -3.36. The number of amides is 1. The lowest BCUT2D eigenvalue weighted by Crippen LogP contribution is -2.64. The Bertz CT molecular complexity index is 806. The summed E-state index contributed by atoms with van der Waals surface area (Å²) in [6.45, 7) is 2.85. The molecule has 28 heavy (non-hydrogen) atoms. The summed E-state index contributed by atoms with van der Waals surface area (Å²) in [4.78, 5) is 36.8. The molecule has 2 rings (SSSR count). The van der Waals surface area contributed by atoms with Crippen LogP contribution in [-0.4, -0.2) is 28.7 Å². The Kier molecular flexibility index (Phi) is 7.14. The van der Waals surface area contributed by atoms with Crippen molar-refractivity contribution >= 4 is 18.0 Å². The van der Waals surface area contributed by atoms with E-state index >= 15 is 0 Å². The number of carbonyl (C=O) groups is 3. The predicted molar refractivity (Wildman–Crippen MR) is 101 cm³/mol. The molecule has 0 fully saturated rings. The van der Waals surface area contributed by atoms with Crippen LogP contribution in [0.25, 0.3) is 0 Å². The van der Waals surface area contributed by atoms with Crippen LogP contribution in [0.5, 0.6) is 0 Å². The lowest BCUT2D eigenvalue weighted by molar-refractivity contribution is -0.166. The zero-order valence-corrected chi connectivity index (χ0v) is 15.8. The fraction of sp³-hybridized carbons (Fsp3) is 0.286. The van der Waals surface area contributed by atoms with Gasteiger partial charge in [-0.25, -0.2) is 14.4 Å². The minimum atomic E-state index is -2.26. The molecule has 1 atom stereocenters. The van der Waals surface area contributed by atoms with Crippen molar-refractivity contribution in [2.45, 2.75) is 32.6 Å². The third kappa shape index (κ3) is 5.09. The van der Waals surface area contributed by atoms with Crippen molar-refractivity contribution in [2.75, 3.05) is 0 Å². The van der Waals surface area contributed by atoms with Crippen molar-refractivity contribution in [3.63, 3.8) is 0 Å². The van der Waals surface area contributed by atoms with Crippen LogP contribution in [0.15, 0.2) is 60.7 Å². The van der Waals surface area contributed by atoms with E-state index in [1.54, 1.807) is 48.5 Å². The molecule has 0 saturated heterocycles. The lowest BCUT2D eigenvalue weighted by atomic mass is 9.86. The topological polar surface area (TPSA) is 102 Å². The van der Waals surface area contributed by atoms with Gasteiger partial charge in [-0.15, -0.1) is 0 Å². The van der Waals surface area contributed by atoms with Crippen LogP contribution >= 0.6 is 0 Å². The number of aliphatic carboxylic acids is 1. The van der Waals surface area contributed by atoms with E-state index in [1.165, 1.54) is 13.8 Å². The smallest absolute Gasteiger partial charge is 0.408 e. The average Bonchev–Trinajstić information content (AvgIpc) is 2.69. The summed E-state index contributed by atoms with van der Waals surface area (Å²) in [6.07, 6.45) is -1.02. The van der Waals surface area contributed by atoms with Gasteiger partial charge in [0.05, 0.1) is 0 Å². The third-order valence-electron chi connectivity index (χ3n) is 4.25. The van der Waals surface area contributed by atoms with Crippen molar-refractivity contribution < 1.29 is 29.0 Å². The first-order chi connectivity index (χ1) is 13.4. The van der Waals surface area contributed by atoms with Gasteiger partial charge in [0.15, 0.2) is 0 Å². The third-order valence-corrected chi connectivity index (χ3v) is 4.25. The van der Waals surface area contributed by atoms with Crippen LogP contribution in [0.3, 0.4) is 0 Å². The Morgan fingerprint density at radius 3 is 1.79 bits per heavy atom. The maximum atomic E-state index is 12.7. The van der Waals surface area contributed by atoms with E-state index < -0.39 is 29.5 Å². The number of hydrogen-bond donors (Lipinski definition) is 2. The minimum absolute atomic E-state index is 0.0560. The van der Waals surface area contributed by atoms with Crippen molar-refractivity contribution in [2.24, 2.45) is 5.92 Å². The highest BCUT2D eigenvalue weighted by atomic mass is 16.6. The molecule has 7 nitrogen and oxygen atoms in total. The average molecular weight is 385 g/mol. The molecule has 0 aliphatic heterocycles. The monoisotopic (exact) mass is 385 g/mol. The Morgan fingerprint density at radius 2 is 1.36 bits per heavy atom. The molecule has 148 valence electrons. The van der Waals surface area contributed by atoms with Crippen LogP contribution in [-0.2, 0) is 32.3 Å². The zero-order chi connectivity index (χ0) is 20.6. The minimum Gasteiger partial charge on any atom is -0.479 e.